The molecule has 6 heteroatoms. The van der Waals surface area contributed by atoms with E-state index in [1.54, 1.807) is 29.2 Å². The van der Waals surface area contributed by atoms with Gasteiger partial charge >= 0.3 is 0 Å². The van der Waals surface area contributed by atoms with Crippen LogP contribution in [-0.4, -0.2) is 35.9 Å². The Hall–Kier alpha value is -3.31. The summed E-state index contributed by atoms with van der Waals surface area (Å²) < 4.78 is 5.77. The summed E-state index contributed by atoms with van der Waals surface area (Å²) >= 11 is 5.96. The molecule has 0 aliphatic rings. The molecule has 0 bridgehead atoms. The third-order valence-electron chi connectivity index (χ3n) is 5.73. The van der Waals surface area contributed by atoms with Gasteiger partial charge in [-0.3, -0.25) is 9.59 Å². The molecule has 0 saturated carbocycles. The minimum Gasteiger partial charge on any atom is -0.484 e. The fraction of sp³-hybridized carbons (Fsp3) is 0.310. The van der Waals surface area contributed by atoms with Crippen LogP contribution in [-0.2, 0) is 22.6 Å². The fourth-order valence-corrected chi connectivity index (χ4v) is 3.83. The van der Waals surface area contributed by atoms with Crippen LogP contribution in [0.1, 0.15) is 30.5 Å². The SMILES string of the molecule is Cc1ccccc1CN(C(=O)COc1ccc(Cl)cc1)[C@H](Cc1ccccc1)C(=O)NCC(C)C. The Kier molecular flexibility index (Phi) is 9.74. The third kappa shape index (κ3) is 8.15. The van der Waals surface area contributed by atoms with Crippen molar-refractivity contribution in [2.45, 2.75) is 39.8 Å². The van der Waals surface area contributed by atoms with Crippen LogP contribution < -0.4 is 10.1 Å². The molecule has 3 aromatic rings. The maximum Gasteiger partial charge on any atom is 0.261 e. The largest absolute Gasteiger partial charge is 0.484 e. The Morgan fingerprint density at radius 2 is 1.60 bits per heavy atom. The van der Waals surface area contributed by atoms with Crippen LogP contribution in [0.4, 0.5) is 0 Å². The van der Waals surface area contributed by atoms with Gasteiger partial charge in [-0.15, -0.1) is 0 Å². The zero-order valence-electron chi connectivity index (χ0n) is 20.5. The molecule has 1 atom stereocenters. The quantitative estimate of drug-likeness (QED) is 0.387. The summed E-state index contributed by atoms with van der Waals surface area (Å²) in [6, 6.07) is 23.9. The Labute approximate surface area is 213 Å². The smallest absolute Gasteiger partial charge is 0.261 e. The highest BCUT2D eigenvalue weighted by Gasteiger charge is 2.31. The summed E-state index contributed by atoms with van der Waals surface area (Å²) in [4.78, 5) is 28.6. The van der Waals surface area contributed by atoms with Gasteiger partial charge in [-0.1, -0.05) is 80.0 Å². The van der Waals surface area contributed by atoms with Crippen LogP contribution >= 0.6 is 11.6 Å². The van der Waals surface area contributed by atoms with Gasteiger partial charge in [0.25, 0.3) is 5.91 Å². The number of carbonyl (C=O) groups is 2. The van der Waals surface area contributed by atoms with Crippen LogP contribution in [0.5, 0.6) is 5.75 Å². The Morgan fingerprint density at radius 3 is 2.26 bits per heavy atom. The first-order chi connectivity index (χ1) is 16.8. The van der Waals surface area contributed by atoms with Gasteiger partial charge in [0.2, 0.25) is 5.91 Å². The first kappa shape index (κ1) is 26.3. The Balaban J connectivity index is 1.90. The molecule has 0 aromatic heterocycles. The fourth-order valence-electron chi connectivity index (χ4n) is 3.71. The molecule has 0 saturated heterocycles. The predicted molar refractivity (Wildman–Crippen MR) is 140 cm³/mol. The average Bonchev–Trinajstić information content (AvgIpc) is 2.85. The highest BCUT2D eigenvalue weighted by Crippen LogP contribution is 2.19. The van der Waals surface area contributed by atoms with Crippen molar-refractivity contribution in [1.29, 1.82) is 0 Å². The first-order valence-electron chi connectivity index (χ1n) is 11.9. The molecule has 3 aromatic carbocycles. The number of hydrogen-bond donors (Lipinski definition) is 1. The second kappa shape index (κ2) is 13.0. The maximum atomic E-state index is 13.6. The van der Waals surface area contributed by atoms with Crippen LogP contribution in [0, 0.1) is 12.8 Å². The molecule has 2 amide bonds. The van der Waals surface area contributed by atoms with Crippen molar-refractivity contribution in [3.8, 4) is 5.75 Å². The van der Waals surface area contributed by atoms with Crippen molar-refractivity contribution in [2.75, 3.05) is 13.2 Å². The van der Waals surface area contributed by atoms with E-state index >= 15 is 0 Å². The van der Waals surface area contributed by atoms with E-state index < -0.39 is 6.04 Å². The van der Waals surface area contributed by atoms with E-state index in [1.807, 2.05) is 75.4 Å². The molecule has 0 unspecified atom stereocenters. The number of nitrogens with one attached hydrogen (secondary N) is 1. The van der Waals surface area contributed by atoms with Gasteiger partial charge in [0.05, 0.1) is 0 Å². The second-order valence-corrected chi connectivity index (χ2v) is 9.47. The van der Waals surface area contributed by atoms with E-state index in [0.717, 1.165) is 16.7 Å². The summed E-state index contributed by atoms with van der Waals surface area (Å²) in [7, 11) is 0. The third-order valence-corrected chi connectivity index (χ3v) is 5.99. The van der Waals surface area contributed by atoms with Crippen molar-refractivity contribution in [3.05, 3.63) is 101 Å². The van der Waals surface area contributed by atoms with Gasteiger partial charge < -0.3 is 15.0 Å². The average molecular weight is 493 g/mol. The number of nitrogens with zero attached hydrogens (tertiary/aromatic N) is 1. The van der Waals surface area contributed by atoms with E-state index in [-0.39, 0.29) is 18.4 Å². The molecule has 1 N–H and O–H groups in total. The van der Waals surface area contributed by atoms with Crippen molar-refractivity contribution in [3.63, 3.8) is 0 Å². The number of halogens is 1. The molecular weight excluding hydrogens is 460 g/mol. The van der Waals surface area contributed by atoms with Crippen LogP contribution in [0.25, 0.3) is 0 Å². The first-order valence-corrected chi connectivity index (χ1v) is 12.2. The summed E-state index contributed by atoms with van der Waals surface area (Å²) in [6.07, 6.45) is 0.406. The van der Waals surface area contributed by atoms with Crippen LogP contribution in [0.3, 0.4) is 0 Å². The van der Waals surface area contributed by atoms with Crippen LogP contribution in [0.15, 0.2) is 78.9 Å². The molecule has 0 aliphatic carbocycles. The number of aryl methyl sites for hydroxylation is 1. The summed E-state index contributed by atoms with van der Waals surface area (Å²) in [6.45, 7) is 6.76. The van der Waals surface area contributed by atoms with Crippen molar-refractivity contribution in [1.82, 2.24) is 10.2 Å². The molecule has 5 nitrogen and oxygen atoms in total. The second-order valence-electron chi connectivity index (χ2n) is 9.04. The minimum atomic E-state index is -0.683. The number of benzene rings is 3. The van der Waals surface area contributed by atoms with E-state index in [0.29, 0.717) is 36.2 Å². The number of hydrogen-bond acceptors (Lipinski definition) is 3. The highest BCUT2D eigenvalue weighted by atomic mass is 35.5. The Bertz CT molecular complexity index is 1100. The number of rotatable bonds is 11. The van der Waals surface area contributed by atoms with E-state index in [4.69, 9.17) is 16.3 Å². The van der Waals surface area contributed by atoms with Gasteiger partial charge in [0, 0.05) is 24.5 Å². The van der Waals surface area contributed by atoms with E-state index in [2.05, 4.69) is 5.32 Å². The maximum absolute atomic E-state index is 13.6. The van der Waals surface area contributed by atoms with Crippen molar-refractivity contribution < 1.29 is 14.3 Å². The lowest BCUT2D eigenvalue weighted by atomic mass is 10.0. The van der Waals surface area contributed by atoms with Crippen LogP contribution in [0.2, 0.25) is 5.02 Å². The number of carbonyl (C=O) groups excluding carboxylic acids is 2. The minimum absolute atomic E-state index is 0.170. The predicted octanol–water partition coefficient (Wildman–Crippen LogP) is 5.44. The van der Waals surface area contributed by atoms with E-state index in [1.165, 1.54) is 0 Å². The Morgan fingerprint density at radius 1 is 0.943 bits per heavy atom. The number of amides is 2. The van der Waals surface area contributed by atoms with Crippen molar-refractivity contribution in [2.24, 2.45) is 5.92 Å². The number of ether oxygens (including phenoxy) is 1. The molecule has 3 rings (SSSR count). The topological polar surface area (TPSA) is 58.6 Å². The van der Waals surface area contributed by atoms with Gasteiger partial charge in [-0.2, -0.15) is 0 Å². The zero-order chi connectivity index (χ0) is 25.2. The molecule has 0 spiro atoms. The summed E-state index contributed by atoms with van der Waals surface area (Å²) in [5, 5.41) is 3.62. The summed E-state index contributed by atoms with van der Waals surface area (Å²) in [5.41, 5.74) is 3.03. The van der Waals surface area contributed by atoms with E-state index in [9.17, 15) is 9.59 Å². The standard InChI is InChI=1S/C29H33ClN2O3/c1-21(2)18-31-29(34)27(17-23-10-5-4-6-11-23)32(19-24-12-8-7-9-22(24)3)28(33)20-35-26-15-13-25(30)14-16-26/h4-16,21,27H,17-20H2,1-3H3,(H,31,34)/t27-/m1/s1. The highest BCUT2D eigenvalue weighted by molar-refractivity contribution is 6.30. The molecule has 0 heterocycles. The molecule has 0 radical (unpaired) electrons. The lowest BCUT2D eigenvalue weighted by molar-refractivity contribution is -0.142. The van der Waals surface area contributed by atoms with Gasteiger partial charge in [-0.25, -0.2) is 0 Å². The van der Waals surface area contributed by atoms with Gasteiger partial charge in [0.1, 0.15) is 11.8 Å². The van der Waals surface area contributed by atoms with Gasteiger partial charge in [0.15, 0.2) is 6.61 Å². The molecular formula is C29H33ClN2O3. The molecule has 184 valence electrons. The lowest BCUT2D eigenvalue weighted by Gasteiger charge is -2.32. The monoisotopic (exact) mass is 492 g/mol. The zero-order valence-corrected chi connectivity index (χ0v) is 21.3. The molecule has 0 fully saturated rings. The van der Waals surface area contributed by atoms with Gasteiger partial charge in [-0.05, 0) is 53.8 Å². The molecule has 0 aliphatic heterocycles. The lowest BCUT2D eigenvalue weighted by Crippen LogP contribution is -2.52. The summed E-state index contributed by atoms with van der Waals surface area (Å²) in [5.74, 6) is 0.410. The normalized spacial score (nSPS) is 11.7. The molecule has 35 heavy (non-hydrogen) atoms. The van der Waals surface area contributed by atoms with Crippen molar-refractivity contribution >= 4 is 23.4 Å².